The third kappa shape index (κ3) is 2.69. The molecule has 1 aromatic heterocycles. The van der Waals surface area contributed by atoms with Gasteiger partial charge in [-0.3, -0.25) is 4.79 Å². The number of methoxy groups -OCH3 is 1. The Kier molecular flexibility index (Phi) is 4.28. The van der Waals surface area contributed by atoms with Gasteiger partial charge < -0.3 is 9.84 Å². The van der Waals surface area contributed by atoms with Crippen molar-refractivity contribution in [3.8, 4) is 17.6 Å². The van der Waals surface area contributed by atoms with Gasteiger partial charge in [-0.25, -0.2) is 4.68 Å². The van der Waals surface area contributed by atoms with Gasteiger partial charge in [0.1, 0.15) is 11.6 Å². The Morgan fingerprint density at radius 2 is 2.14 bits per heavy atom. The van der Waals surface area contributed by atoms with Crippen molar-refractivity contribution >= 4 is 6.21 Å². The van der Waals surface area contributed by atoms with Gasteiger partial charge in [-0.1, -0.05) is 6.07 Å². The molecule has 0 saturated heterocycles. The number of benzene rings is 1. The van der Waals surface area contributed by atoms with E-state index in [2.05, 4.69) is 5.10 Å². The van der Waals surface area contributed by atoms with Crippen LogP contribution in [0.1, 0.15) is 22.4 Å². The fourth-order valence-corrected chi connectivity index (χ4v) is 2.09. The van der Waals surface area contributed by atoms with Crippen LogP contribution in [0.15, 0.2) is 34.2 Å². The highest BCUT2D eigenvalue weighted by Gasteiger charge is 2.10. The van der Waals surface area contributed by atoms with E-state index >= 15 is 0 Å². The third-order valence-electron chi connectivity index (χ3n) is 3.23. The van der Waals surface area contributed by atoms with E-state index in [-0.39, 0.29) is 11.3 Å². The summed E-state index contributed by atoms with van der Waals surface area (Å²) in [5.41, 5.74) is 1.18. The van der Waals surface area contributed by atoms with E-state index in [0.717, 1.165) is 4.68 Å². The van der Waals surface area contributed by atoms with Gasteiger partial charge in [-0.05, 0) is 37.6 Å². The molecule has 0 radical (unpaired) electrons. The van der Waals surface area contributed by atoms with E-state index in [4.69, 9.17) is 10.00 Å². The predicted octanol–water partition coefficient (Wildman–Crippen LogP) is 1.93. The average molecular weight is 297 g/mol. The van der Waals surface area contributed by atoms with Gasteiger partial charge >= 0.3 is 0 Å². The van der Waals surface area contributed by atoms with Crippen LogP contribution in [-0.2, 0) is 0 Å². The number of rotatable bonds is 3. The second-order valence-corrected chi connectivity index (χ2v) is 4.72. The first-order valence-electron chi connectivity index (χ1n) is 6.53. The Morgan fingerprint density at radius 3 is 2.77 bits per heavy atom. The van der Waals surface area contributed by atoms with Gasteiger partial charge in [0.25, 0.3) is 5.56 Å². The first kappa shape index (κ1) is 15.3. The fraction of sp³-hybridized carbons (Fsp3) is 0.188. The van der Waals surface area contributed by atoms with Gasteiger partial charge in [0.2, 0.25) is 0 Å². The number of phenolic OH excluding ortho intramolecular Hbond substituents is 1. The summed E-state index contributed by atoms with van der Waals surface area (Å²) < 4.78 is 6.14. The summed E-state index contributed by atoms with van der Waals surface area (Å²) in [5.74, 6) is 0.252. The van der Waals surface area contributed by atoms with E-state index in [1.165, 1.54) is 13.3 Å². The lowest BCUT2D eigenvalue weighted by Crippen LogP contribution is -2.22. The molecule has 0 aliphatic carbocycles. The predicted molar refractivity (Wildman–Crippen MR) is 82.5 cm³/mol. The van der Waals surface area contributed by atoms with Crippen molar-refractivity contribution in [3.05, 3.63) is 57.0 Å². The Bertz CT molecular complexity index is 845. The molecule has 2 aromatic rings. The van der Waals surface area contributed by atoms with Crippen LogP contribution in [0.25, 0.3) is 0 Å². The van der Waals surface area contributed by atoms with Crippen LogP contribution in [0, 0.1) is 25.2 Å². The van der Waals surface area contributed by atoms with Crippen LogP contribution in [0.4, 0.5) is 0 Å². The SMILES string of the molecule is COc1cccc(/C=N\n2c(C)cc(C)c(C#N)c2=O)c1O. The van der Waals surface area contributed by atoms with Crippen molar-refractivity contribution in [1.29, 1.82) is 5.26 Å². The largest absolute Gasteiger partial charge is 0.504 e. The zero-order valence-corrected chi connectivity index (χ0v) is 12.5. The molecule has 0 unspecified atom stereocenters. The lowest BCUT2D eigenvalue weighted by molar-refractivity contribution is 0.373. The summed E-state index contributed by atoms with van der Waals surface area (Å²) in [6.07, 6.45) is 1.35. The van der Waals surface area contributed by atoms with E-state index in [1.807, 2.05) is 6.07 Å². The molecule has 0 fully saturated rings. The summed E-state index contributed by atoms with van der Waals surface area (Å²) >= 11 is 0. The van der Waals surface area contributed by atoms with Crippen molar-refractivity contribution < 1.29 is 9.84 Å². The van der Waals surface area contributed by atoms with E-state index < -0.39 is 5.56 Å². The Morgan fingerprint density at radius 1 is 1.41 bits per heavy atom. The maximum Gasteiger partial charge on any atom is 0.289 e. The molecule has 112 valence electrons. The molecule has 0 spiro atoms. The Labute approximate surface area is 127 Å². The fourth-order valence-electron chi connectivity index (χ4n) is 2.09. The maximum atomic E-state index is 12.2. The number of ether oxygens (including phenoxy) is 1. The van der Waals surface area contributed by atoms with Crippen molar-refractivity contribution in [2.75, 3.05) is 7.11 Å². The van der Waals surface area contributed by atoms with Crippen LogP contribution in [0.2, 0.25) is 0 Å². The van der Waals surface area contributed by atoms with Crippen LogP contribution >= 0.6 is 0 Å². The summed E-state index contributed by atoms with van der Waals surface area (Å²) in [6, 6.07) is 8.55. The number of para-hydroxylation sites is 1. The summed E-state index contributed by atoms with van der Waals surface area (Å²) in [6.45, 7) is 3.42. The molecule has 0 bridgehead atoms. The molecule has 22 heavy (non-hydrogen) atoms. The molecular formula is C16H15N3O3. The lowest BCUT2D eigenvalue weighted by Gasteiger charge is -2.07. The molecular weight excluding hydrogens is 282 g/mol. The average Bonchev–Trinajstić information content (AvgIpc) is 2.48. The molecule has 2 rings (SSSR count). The molecule has 6 heteroatoms. The molecule has 0 aliphatic heterocycles. The molecule has 1 aromatic carbocycles. The van der Waals surface area contributed by atoms with Crippen LogP contribution < -0.4 is 10.3 Å². The molecule has 6 nitrogen and oxygen atoms in total. The molecule has 1 heterocycles. The van der Waals surface area contributed by atoms with Gasteiger partial charge in [0, 0.05) is 11.3 Å². The molecule has 0 amide bonds. The second kappa shape index (κ2) is 6.14. The van der Waals surface area contributed by atoms with Gasteiger partial charge in [-0.2, -0.15) is 10.4 Å². The monoisotopic (exact) mass is 297 g/mol. The minimum atomic E-state index is -0.487. The normalized spacial score (nSPS) is 10.6. The first-order chi connectivity index (χ1) is 10.5. The highest BCUT2D eigenvalue weighted by atomic mass is 16.5. The summed E-state index contributed by atoms with van der Waals surface area (Å²) in [7, 11) is 1.45. The summed E-state index contributed by atoms with van der Waals surface area (Å²) in [4.78, 5) is 12.2. The lowest BCUT2D eigenvalue weighted by atomic mass is 10.1. The standard InChI is InChI=1S/C16H15N3O3/c1-10-7-11(2)19(16(21)13(10)8-17)18-9-12-5-4-6-14(22-3)15(12)20/h4-7,9,20H,1-3H3/b18-9-. The second-order valence-electron chi connectivity index (χ2n) is 4.72. The molecule has 0 aliphatic rings. The van der Waals surface area contributed by atoms with Crippen LogP contribution in [-0.4, -0.2) is 23.1 Å². The van der Waals surface area contributed by atoms with Crippen LogP contribution in [0.3, 0.4) is 0 Å². The van der Waals surface area contributed by atoms with Crippen molar-refractivity contribution in [2.24, 2.45) is 5.10 Å². The topological polar surface area (TPSA) is 87.6 Å². The van der Waals surface area contributed by atoms with Crippen LogP contribution in [0.5, 0.6) is 11.5 Å². The molecule has 1 N–H and O–H groups in total. The number of pyridine rings is 1. The Balaban J connectivity index is 2.53. The number of nitrogens with zero attached hydrogens (tertiary/aromatic N) is 3. The zero-order valence-electron chi connectivity index (χ0n) is 12.5. The van der Waals surface area contributed by atoms with Gasteiger partial charge in [-0.15, -0.1) is 0 Å². The van der Waals surface area contributed by atoms with Gasteiger partial charge in [0.15, 0.2) is 11.5 Å². The number of aromatic nitrogens is 1. The quantitative estimate of drug-likeness (QED) is 0.877. The number of aryl methyl sites for hydroxylation is 2. The highest BCUT2D eigenvalue weighted by molar-refractivity contribution is 5.84. The first-order valence-corrected chi connectivity index (χ1v) is 6.53. The molecule has 0 atom stereocenters. The number of phenols is 1. The van der Waals surface area contributed by atoms with E-state index in [9.17, 15) is 9.90 Å². The third-order valence-corrected chi connectivity index (χ3v) is 3.23. The minimum absolute atomic E-state index is 0.0533. The number of aromatic hydroxyl groups is 1. The smallest absolute Gasteiger partial charge is 0.289 e. The van der Waals surface area contributed by atoms with Crippen molar-refractivity contribution in [1.82, 2.24) is 4.68 Å². The van der Waals surface area contributed by atoms with E-state index in [1.54, 1.807) is 38.1 Å². The van der Waals surface area contributed by atoms with E-state index in [0.29, 0.717) is 22.6 Å². The van der Waals surface area contributed by atoms with Crippen molar-refractivity contribution in [2.45, 2.75) is 13.8 Å². The van der Waals surface area contributed by atoms with Crippen molar-refractivity contribution in [3.63, 3.8) is 0 Å². The number of hydrogen-bond donors (Lipinski definition) is 1. The number of hydrogen-bond acceptors (Lipinski definition) is 5. The molecule has 0 saturated carbocycles. The highest BCUT2D eigenvalue weighted by Crippen LogP contribution is 2.28. The zero-order chi connectivity index (χ0) is 16.3. The summed E-state index contributed by atoms with van der Waals surface area (Å²) in [5, 5.41) is 23.1. The Hall–Kier alpha value is -3.07. The minimum Gasteiger partial charge on any atom is -0.504 e. The number of nitriles is 1. The maximum absolute atomic E-state index is 12.2. The van der Waals surface area contributed by atoms with Gasteiger partial charge in [0.05, 0.1) is 13.3 Å².